The number of amides is 3. The maximum Gasteiger partial charge on any atom is 0.333 e. The minimum atomic E-state index is -4.00. The number of hydrogen-bond donors (Lipinski definition) is 3. The minimum absolute atomic E-state index is 0.0249. The third kappa shape index (κ3) is 5.30. The van der Waals surface area contributed by atoms with E-state index < -0.39 is 22.0 Å². The van der Waals surface area contributed by atoms with Crippen molar-refractivity contribution in [1.82, 2.24) is 10.2 Å². The van der Waals surface area contributed by atoms with E-state index >= 15 is 0 Å². The van der Waals surface area contributed by atoms with Gasteiger partial charge in [-0.3, -0.25) is 9.63 Å². The van der Waals surface area contributed by atoms with Crippen molar-refractivity contribution in [3.05, 3.63) is 59.7 Å². The Morgan fingerprint density at radius 3 is 2.42 bits per heavy atom. The van der Waals surface area contributed by atoms with Crippen LogP contribution >= 0.6 is 0 Å². The largest absolute Gasteiger partial charge is 0.333 e. The van der Waals surface area contributed by atoms with Crippen LogP contribution in [0.2, 0.25) is 0 Å². The fourth-order valence-corrected chi connectivity index (χ4v) is 2.90. The normalized spacial score (nSPS) is 10.8. The minimum Gasteiger partial charge on any atom is -0.307 e. The zero-order valence-corrected chi connectivity index (χ0v) is 15.1. The van der Waals surface area contributed by atoms with E-state index in [1.54, 1.807) is 25.1 Å². The molecule has 3 N–H and O–H groups in total. The van der Waals surface area contributed by atoms with Crippen LogP contribution in [0.25, 0.3) is 0 Å². The van der Waals surface area contributed by atoms with Crippen LogP contribution in [0.5, 0.6) is 0 Å². The molecule has 9 heteroatoms. The number of hydroxylamine groups is 1. The summed E-state index contributed by atoms with van der Waals surface area (Å²) in [7, 11) is -4.00. The number of carbonyl (C=O) groups is 2. The molecule has 0 radical (unpaired) electrons. The van der Waals surface area contributed by atoms with Crippen LogP contribution in [-0.4, -0.2) is 27.0 Å². The van der Waals surface area contributed by atoms with Crippen molar-refractivity contribution in [2.45, 2.75) is 18.7 Å². The summed E-state index contributed by atoms with van der Waals surface area (Å²) in [5.41, 5.74) is 3.63. The van der Waals surface area contributed by atoms with Crippen LogP contribution in [0.4, 0.5) is 10.5 Å². The smallest absolute Gasteiger partial charge is 0.307 e. The highest BCUT2D eigenvalue weighted by Gasteiger charge is 2.17. The lowest BCUT2D eigenvalue weighted by molar-refractivity contribution is 0.0364. The lowest BCUT2D eigenvalue weighted by Crippen LogP contribution is -2.34. The van der Waals surface area contributed by atoms with Crippen molar-refractivity contribution in [3.63, 3.8) is 0 Å². The SMILES string of the molecule is CCONC(=O)c1cccc(NC(=O)NS(=O)(=O)c2ccc(C)cc2)c1. The van der Waals surface area contributed by atoms with Crippen LogP contribution in [0.1, 0.15) is 22.8 Å². The molecule has 2 aromatic carbocycles. The molecule has 0 heterocycles. The first-order valence-corrected chi connectivity index (χ1v) is 9.23. The zero-order chi connectivity index (χ0) is 19.2. The zero-order valence-electron chi connectivity index (χ0n) is 14.3. The molecule has 0 aromatic heterocycles. The maximum atomic E-state index is 12.2. The number of nitrogens with one attached hydrogen (secondary N) is 3. The predicted octanol–water partition coefficient (Wildman–Crippen LogP) is 2.19. The summed E-state index contributed by atoms with van der Waals surface area (Å²) in [5.74, 6) is -0.483. The van der Waals surface area contributed by atoms with Gasteiger partial charge in [-0.05, 0) is 44.2 Å². The van der Waals surface area contributed by atoms with Gasteiger partial charge in [0.1, 0.15) is 0 Å². The Hall–Kier alpha value is -2.91. The molecule has 2 rings (SSSR count). The van der Waals surface area contributed by atoms with E-state index in [1.807, 2.05) is 11.6 Å². The Morgan fingerprint density at radius 1 is 1.08 bits per heavy atom. The van der Waals surface area contributed by atoms with Gasteiger partial charge in [0.2, 0.25) is 0 Å². The molecule has 3 amide bonds. The lowest BCUT2D eigenvalue weighted by Gasteiger charge is -2.10. The monoisotopic (exact) mass is 377 g/mol. The number of benzene rings is 2. The summed E-state index contributed by atoms with van der Waals surface area (Å²) in [6.07, 6.45) is 0. The van der Waals surface area contributed by atoms with Crippen molar-refractivity contribution in [2.24, 2.45) is 0 Å². The van der Waals surface area contributed by atoms with Crippen LogP contribution in [0.3, 0.4) is 0 Å². The molecule has 0 spiro atoms. The second kappa shape index (κ2) is 8.45. The van der Waals surface area contributed by atoms with E-state index in [0.29, 0.717) is 6.61 Å². The van der Waals surface area contributed by atoms with Crippen LogP contribution in [0, 0.1) is 6.92 Å². The first-order chi connectivity index (χ1) is 12.3. The maximum absolute atomic E-state index is 12.2. The van der Waals surface area contributed by atoms with Crippen molar-refractivity contribution in [3.8, 4) is 0 Å². The standard InChI is InChI=1S/C17H19N3O5S/c1-3-25-19-16(21)13-5-4-6-14(11-13)18-17(22)20-26(23,24)15-9-7-12(2)8-10-15/h4-11H,3H2,1-2H3,(H,19,21)(H2,18,20,22). The summed E-state index contributed by atoms with van der Waals surface area (Å²) >= 11 is 0. The molecule has 0 aliphatic heterocycles. The van der Waals surface area contributed by atoms with Gasteiger partial charge in [0.15, 0.2) is 0 Å². The molecule has 0 saturated carbocycles. The molecule has 2 aromatic rings. The fourth-order valence-electron chi connectivity index (χ4n) is 1.99. The van der Waals surface area contributed by atoms with E-state index in [2.05, 4.69) is 10.8 Å². The summed E-state index contributed by atoms with van der Waals surface area (Å²) in [4.78, 5) is 28.6. The molecule has 0 bridgehead atoms. The van der Waals surface area contributed by atoms with Gasteiger partial charge in [-0.25, -0.2) is 23.4 Å². The van der Waals surface area contributed by atoms with Gasteiger partial charge in [-0.1, -0.05) is 23.8 Å². The molecule has 26 heavy (non-hydrogen) atoms. The Labute approximate surface area is 151 Å². The molecule has 0 unspecified atom stereocenters. The van der Waals surface area contributed by atoms with Gasteiger partial charge in [0.25, 0.3) is 15.9 Å². The van der Waals surface area contributed by atoms with Gasteiger partial charge in [-0.2, -0.15) is 0 Å². The van der Waals surface area contributed by atoms with Gasteiger partial charge in [0.05, 0.1) is 11.5 Å². The first-order valence-electron chi connectivity index (χ1n) is 7.74. The molecular formula is C17H19N3O5S. The molecule has 0 atom stereocenters. The van der Waals surface area contributed by atoms with Crippen LogP contribution in [-0.2, 0) is 14.9 Å². The highest BCUT2D eigenvalue weighted by molar-refractivity contribution is 7.90. The molecule has 8 nitrogen and oxygen atoms in total. The number of carbonyl (C=O) groups excluding carboxylic acids is 2. The highest BCUT2D eigenvalue weighted by Crippen LogP contribution is 2.12. The average molecular weight is 377 g/mol. The van der Waals surface area contributed by atoms with Crippen LogP contribution < -0.4 is 15.5 Å². The number of anilines is 1. The van der Waals surface area contributed by atoms with Gasteiger partial charge < -0.3 is 5.32 Å². The average Bonchev–Trinajstić information content (AvgIpc) is 2.59. The van der Waals surface area contributed by atoms with E-state index in [-0.39, 0.29) is 16.1 Å². The summed E-state index contributed by atoms with van der Waals surface area (Å²) < 4.78 is 26.3. The quantitative estimate of drug-likeness (QED) is 0.668. The highest BCUT2D eigenvalue weighted by atomic mass is 32.2. The van der Waals surface area contributed by atoms with Gasteiger partial charge in [-0.15, -0.1) is 0 Å². The molecule has 0 saturated heterocycles. The molecule has 0 fully saturated rings. The fraction of sp³-hybridized carbons (Fsp3) is 0.176. The third-order valence-electron chi connectivity index (χ3n) is 3.25. The van der Waals surface area contributed by atoms with Crippen LogP contribution in [0.15, 0.2) is 53.4 Å². The number of sulfonamides is 1. The number of urea groups is 1. The van der Waals surface area contributed by atoms with Gasteiger partial charge in [0, 0.05) is 11.3 Å². The Morgan fingerprint density at radius 2 is 1.77 bits per heavy atom. The van der Waals surface area contributed by atoms with E-state index in [9.17, 15) is 18.0 Å². The van der Waals surface area contributed by atoms with Crippen molar-refractivity contribution < 1.29 is 22.8 Å². The second-order valence-corrected chi connectivity index (χ2v) is 7.00. The Balaban J connectivity index is 2.05. The summed E-state index contributed by atoms with van der Waals surface area (Å²) in [6.45, 7) is 3.85. The topological polar surface area (TPSA) is 114 Å². The van der Waals surface area contributed by atoms with Crippen molar-refractivity contribution in [2.75, 3.05) is 11.9 Å². The number of hydrogen-bond acceptors (Lipinski definition) is 5. The number of rotatable bonds is 6. The van der Waals surface area contributed by atoms with Crippen molar-refractivity contribution >= 4 is 27.6 Å². The summed E-state index contributed by atoms with van der Waals surface area (Å²) in [5, 5.41) is 2.38. The van der Waals surface area contributed by atoms with E-state index in [1.165, 1.54) is 30.3 Å². The second-order valence-electron chi connectivity index (χ2n) is 5.32. The summed E-state index contributed by atoms with van der Waals surface area (Å²) in [6, 6.07) is 11.1. The predicted molar refractivity (Wildman–Crippen MR) is 96.1 cm³/mol. The van der Waals surface area contributed by atoms with E-state index in [0.717, 1.165) is 5.56 Å². The molecule has 0 aliphatic rings. The first kappa shape index (κ1) is 19.4. The Kier molecular flexibility index (Phi) is 6.31. The van der Waals surface area contributed by atoms with Crippen molar-refractivity contribution in [1.29, 1.82) is 0 Å². The number of aryl methyl sites for hydroxylation is 1. The molecule has 0 aliphatic carbocycles. The molecule has 138 valence electrons. The van der Waals surface area contributed by atoms with E-state index in [4.69, 9.17) is 4.84 Å². The van der Waals surface area contributed by atoms with Gasteiger partial charge >= 0.3 is 6.03 Å². The molecular weight excluding hydrogens is 358 g/mol. The lowest BCUT2D eigenvalue weighted by atomic mass is 10.2. The Bertz CT molecular complexity index is 895. The third-order valence-corrected chi connectivity index (χ3v) is 4.60.